The summed E-state index contributed by atoms with van der Waals surface area (Å²) in [6.07, 6.45) is 3.70. The SMILES string of the molecule is CC(CC1CC1)Nc1ccc([N+](=O)[O-])c2nonc12. The van der Waals surface area contributed by atoms with Gasteiger partial charge in [0.2, 0.25) is 5.52 Å². The van der Waals surface area contributed by atoms with E-state index in [0.29, 0.717) is 11.6 Å². The Kier molecular flexibility index (Phi) is 2.81. The molecule has 100 valence electrons. The van der Waals surface area contributed by atoms with Crippen LogP contribution in [-0.2, 0) is 0 Å². The zero-order valence-corrected chi connectivity index (χ0v) is 10.5. The molecule has 1 heterocycles. The van der Waals surface area contributed by atoms with Gasteiger partial charge in [0, 0.05) is 12.1 Å². The molecule has 0 bridgehead atoms. The molecule has 1 aliphatic carbocycles. The highest BCUT2D eigenvalue weighted by molar-refractivity contribution is 5.93. The third-order valence-electron chi connectivity index (χ3n) is 3.38. The fraction of sp³-hybridized carbons (Fsp3) is 0.500. The monoisotopic (exact) mass is 262 g/mol. The van der Waals surface area contributed by atoms with Gasteiger partial charge < -0.3 is 5.32 Å². The summed E-state index contributed by atoms with van der Waals surface area (Å²) < 4.78 is 4.63. The lowest BCUT2D eigenvalue weighted by molar-refractivity contribution is -0.383. The lowest BCUT2D eigenvalue weighted by Crippen LogP contribution is -2.16. The zero-order valence-electron chi connectivity index (χ0n) is 10.5. The minimum absolute atomic E-state index is 0.0864. The van der Waals surface area contributed by atoms with Crippen molar-refractivity contribution in [3.63, 3.8) is 0 Å². The molecule has 7 nitrogen and oxygen atoms in total. The lowest BCUT2D eigenvalue weighted by atomic mass is 10.1. The smallest absolute Gasteiger partial charge is 0.300 e. The lowest BCUT2D eigenvalue weighted by Gasteiger charge is -2.14. The molecule has 1 aromatic heterocycles. The summed E-state index contributed by atoms with van der Waals surface area (Å²) in [6, 6.07) is 3.39. The Balaban J connectivity index is 1.89. The van der Waals surface area contributed by atoms with E-state index in [9.17, 15) is 10.1 Å². The minimum atomic E-state index is -0.482. The first-order chi connectivity index (χ1) is 9.15. The molecular weight excluding hydrogens is 248 g/mol. The summed E-state index contributed by atoms with van der Waals surface area (Å²) in [4.78, 5) is 10.4. The van der Waals surface area contributed by atoms with E-state index in [0.717, 1.165) is 18.0 Å². The summed E-state index contributed by atoms with van der Waals surface area (Å²) in [6.45, 7) is 2.10. The van der Waals surface area contributed by atoms with E-state index in [4.69, 9.17) is 0 Å². The molecule has 3 rings (SSSR count). The number of non-ortho nitro benzene ring substituents is 1. The van der Waals surface area contributed by atoms with Gasteiger partial charge in [-0.2, -0.15) is 0 Å². The van der Waals surface area contributed by atoms with Gasteiger partial charge in [0.05, 0.1) is 10.6 Å². The van der Waals surface area contributed by atoms with Gasteiger partial charge in [-0.3, -0.25) is 10.1 Å². The zero-order chi connectivity index (χ0) is 13.4. The minimum Gasteiger partial charge on any atom is -0.381 e. The molecule has 1 fully saturated rings. The largest absolute Gasteiger partial charge is 0.381 e. The fourth-order valence-corrected chi connectivity index (χ4v) is 2.30. The number of hydrogen-bond acceptors (Lipinski definition) is 6. The van der Waals surface area contributed by atoms with Crippen molar-refractivity contribution in [2.75, 3.05) is 5.32 Å². The van der Waals surface area contributed by atoms with Crippen LogP contribution < -0.4 is 5.32 Å². The Morgan fingerprint density at radius 1 is 1.47 bits per heavy atom. The predicted octanol–water partition coefficient (Wildman–Crippen LogP) is 2.73. The van der Waals surface area contributed by atoms with E-state index in [1.54, 1.807) is 6.07 Å². The van der Waals surface area contributed by atoms with Crippen molar-refractivity contribution in [2.24, 2.45) is 5.92 Å². The van der Waals surface area contributed by atoms with Gasteiger partial charge in [-0.25, -0.2) is 4.63 Å². The summed E-state index contributed by atoms with van der Waals surface area (Å²) in [5.41, 5.74) is 1.25. The summed E-state index contributed by atoms with van der Waals surface area (Å²) in [5, 5.41) is 21.6. The van der Waals surface area contributed by atoms with Crippen LogP contribution in [0.2, 0.25) is 0 Å². The molecule has 1 atom stereocenters. The van der Waals surface area contributed by atoms with Gasteiger partial charge in [-0.05, 0) is 35.6 Å². The van der Waals surface area contributed by atoms with Crippen LogP contribution in [0, 0.1) is 16.0 Å². The molecule has 19 heavy (non-hydrogen) atoms. The molecule has 1 saturated carbocycles. The Morgan fingerprint density at radius 3 is 2.89 bits per heavy atom. The highest BCUT2D eigenvalue weighted by atomic mass is 16.6. The van der Waals surface area contributed by atoms with Crippen molar-refractivity contribution in [1.29, 1.82) is 0 Å². The number of anilines is 1. The third-order valence-corrected chi connectivity index (χ3v) is 3.38. The normalized spacial score (nSPS) is 16.5. The van der Waals surface area contributed by atoms with Crippen LogP contribution in [0.5, 0.6) is 0 Å². The molecule has 1 N–H and O–H groups in total. The fourth-order valence-electron chi connectivity index (χ4n) is 2.30. The summed E-state index contributed by atoms with van der Waals surface area (Å²) in [5.74, 6) is 0.812. The molecule has 0 aliphatic heterocycles. The average molecular weight is 262 g/mol. The number of aromatic nitrogens is 2. The number of fused-ring (bicyclic) bond motifs is 1. The molecule has 0 amide bonds. The van der Waals surface area contributed by atoms with Crippen LogP contribution in [0.25, 0.3) is 11.0 Å². The van der Waals surface area contributed by atoms with Gasteiger partial charge in [-0.15, -0.1) is 0 Å². The Morgan fingerprint density at radius 2 is 2.21 bits per heavy atom. The van der Waals surface area contributed by atoms with Crippen molar-refractivity contribution in [1.82, 2.24) is 10.3 Å². The maximum absolute atomic E-state index is 10.9. The van der Waals surface area contributed by atoms with E-state index in [1.165, 1.54) is 18.9 Å². The van der Waals surface area contributed by atoms with E-state index < -0.39 is 4.92 Å². The van der Waals surface area contributed by atoms with Crippen LogP contribution in [0.4, 0.5) is 11.4 Å². The maximum atomic E-state index is 10.9. The number of nitrogens with one attached hydrogen (secondary N) is 1. The standard InChI is InChI=1S/C12H14N4O3/c1-7(6-8-2-3-8)13-9-4-5-10(16(17)18)12-11(9)14-19-15-12/h4-5,7-8,13H,2-3,6H2,1H3. The van der Waals surface area contributed by atoms with Crippen LogP contribution >= 0.6 is 0 Å². The number of hydrogen-bond donors (Lipinski definition) is 1. The molecular formula is C12H14N4O3. The number of nitro benzene ring substituents is 1. The molecule has 0 radical (unpaired) electrons. The molecule has 0 spiro atoms. The van der Waals surface area contributed by atoms with Crippen molar-refractivity contribution in [3.8, 4) is 0 Å². The first-order valence-corrected chi connectivity index (χ1v) is 6.31. The van der Waals surface area contributed by atoms with Crippen LogP contribution in [0.3, 0.4) is 0 Å². The number of rotatable bonds is 5. The van der Waals surface area contributed by atoms with Gasteiger partial charge in [0.1, 0.15) is 0 Å². The van der Waals surface area contributed by atoms with Crippen molar-refractivity contribution >= 4 is 22.4 Å². The van der Waals surface area contributed by atoms with Crippen molar-refractivity contribution in [2.45, 2.75) is 32.2 Å². The van der Waals surface area contributed by atoms with Gasteiger partial charge in [0.25, 0.3) is 0 Å². The molecule has 0 saturated heterocycles. The average Bonchev–Trinajstić information content (AvgIpc) is 3.03. The van der Waals surface area contributed by atoms with Gasteiger partial charge >= 0.3 is 5.69 Å². The second-order valence-corrected chi connectivity index (χ2v) is 5.08. The van der Waals surface area contributed by atoms with Crippen LogP contribution in [-0.4, -0.2) is 21.3 Å². The third kappa shape index (κ3) is 2.35. The maximum Gasteiger partial charge on any atom is 0.300 e. The predicted molar refractivity (Wildman–Crippen MR) is 68.9 cm³/mol. The highest BCUT2D eigenvalue weighted by Gasteiger charge is 2.25. The quantitative estimate of drug-likeness (QED) is 0.657. The van der Waals surface area contributed by atoms with E-state index in [2.05, 4.69) is 27.2 Å². The summed E-state index contributed by atoms with van der Waals surface area (Å²) in [7, 11) is 0. The summed E-state index contributed by atoms with van der Waals surface area (Å²) >= 11 is 0. The van der Waals surface area contributed by atoms with Crippen LogP contribution in [0.1, 0.15) is 26.2 Å². The number of nitro groups is 1. The van der Waals surface area contributed by atoms with Crippen molar-refractivity contribution in [3.05, 3.63) is 22.2 Å². The first kappa shape index (κ1) is 11.9. The molecule has 2 aromatic rings. The van der Waals surface area contributed by atoms with Crippen molar-refractivity contribution < 1.29 is 9.55 Å². The topological polar surface area (TPSA) is 94.1 Å². The van der Waals surface area contributed by atoms with Crippen LogP contribution in [0.15, 0.2) is 16.8 Å². The first-order valence-electron chi connectivity index (χ1n) is 6.31. The van der Waals surface area contributed by atoms with E-state index in [-0.39, 0.29) is 11.2 Å². The molecule has 7 heteroatoms. The van der Waals surface area contributed by atoms with E-state index in [1.807, 2.05) is 0 Å². The Bertz CT molecular complexity index is 620. The van der Waals surface area contributed by atoms with Gasteiger partial charge in [-0.1, -0.05) is 12.8 Å². The number of benzene rings is 1. The highest BCUT2D eigenvalue weighted by Crippen LogP contribution is 2.35. The molecule has 1 aliphatic rings. The number of nitrogens with zero attached hydrogens (tertiary/aromatic N) is 3. The Hall–Kier alpha value is -2.18. The van der Waals surface area contributed by atoms with E-state index >= 15 is 0 Å². The van der Waals surface area contributed by atoms with Gasteiger partial charge in [0.15, 0.2) is 5.52 Å². The molecule has 1 unspecified atom stereocenters. The second-order valence-electron chi connectivity index (χ2n) is 5.08. The second kappa shape index (κ2) is 4.49. The Labute approximate surface area is 109 Å². The molecule has 1 aromatic carbocycles.